The lowest BCUT2D eigenvalue weighted by molar-refractivity contribution is 0.0950. The number of fused-ring (bicyclic) bond motifs is 1. The van der Waals surface area contributed by atoms with Crippen LogP contribution in [0.4, 0.5) is 0 Å². The van der Waals surface area contributed by atoms with Crippen molar-refractivity contribution in [2.45, 2.75) is 0 Å². The number of carbonyl (C=O) groups is 1. The van der Waals surface area contributed by atoms with Gasteiger partial charge in [0.25, 0.3) is 5.91 Å². The van der Waals surface area contributed by atoms with Gasteiger partial charge in [-0.05, 0) is 34.5 Å². The first-order valence-electron chi connectivity index (χ1n) is 8.33. The van der Waals surface area contributed by atoms with Gasteiger partial charge in [0.15, 0.2) is 0 Å². The Balaban J connectivity index is 1.53. The molecule has 2 N–H and O–H groups in total. The van der Waals surface area contributed by atoms with Gasteiger partial charge in [-0.25, -0.2) is 5.43 Å². The van der Waals surface area contributed by atoms with Crippen molar-refractivity contribution >= 4 is 38.8 Å². The van der Waals surface area contributed by atoms with E-state index in [0.29, 0.717) is 11.4 Å². The van der Waals surface area contributed by atoms with Crippen molar-refractivity contribution in [3.8, 4) is 11.3 Å². The first-order chi connectivity index (χ1) is 13.2. The fraction of sp³-hybridized carbons (Fsp3) is 0. The van der Waals surface area contributed by atoms with Crippen molar-refractivity contribution in [2.75, 3.05) is 0 Å². The molecule has 4 aromatic rings. The Kier molecular flexibility index (Phi) is 4.80. The molecule has 0 saturated heterocycles. The van der Waals surface area contributed by atoms with E-state index >= 15 is 0 Å². The first-order valence-corrected chi connectivity index (χ1v) is 9.12. The van der Waals surface area contributed by atoms with Crippen molar-refractivity contribution in [1.82, 2.24) is 15.6 Å². The van der Waals surface area contributed by atoms with Crippen LogP contribution in [0.5, 0.6) is 0 Å². The lowest BCUT2D eigenvalue weighted by Gasteiger charge is -2.02. The first kappa shape index (κ1) is 17.2. The van der Waals surface area contributed by atoms with E-state index in [2.05, 4.69) is 48.8 Å². The summed E-state index contributed by atoms with van der Waals surface area (Å²) in [5.74, 6) is -0.347. The molecular formula is C21H15BrN4O. The van der Waals surface area contributed by atoms with E-state index in [0.717, 1.165) is 26.4 Å². The highest BCUT2D eigenvalue weighted by Gasteiger charge is 2.12. The second-order valence-corrected chi connectivity index (χ2v) is 6.86. The smallest absolute Gasteiger partial charge is 0.272 e. The number of carbonyl (C=O) groups excluding carboxylic acids is 1. The number of hydrogen-bond acceptors (Lipinski definition) is 3. The summed E-state index contributed by atoms with van der Waals surface area (Å²) in [6.45, 7) is 0. The number of aromatic nitrogens is 2. The van der Waals surface area contributed by atoms with Gasteiger partial charge < -0.3 is 0 Å². The molecule has 0 aliphatic heterocycles. The molecule has 0 fully saturated rings. The summed E-state index contributed by atoms with van der Waals surface area (Å²) in [6.07, 6.45) is 1.59. The molecule has 0 saturated carbocycles. The Morgan fingerprint density at radius 3 is 2.74 bits per heavy atom. The molecule has 0 aliphatic rings. The average molecular weight is 419 g/mol. The van der Waals surface area contributed by atoms with Crippen molar-refractivity contribution in [2.24, 2.45) is 5.10 Å². The van der Waals surface area contributed by atoms with Crippen LogP contribution in [-0.4, -0.2) is 22.3 Å². The van der Waals surface area contributed by atoms with E-state index in [-0.39, 0.29) is 5.91 Å². The van der Waals surface area contributed by atoms with Crippen molar-refractivity contribution in [3.05, 3.63) is 88.5 Å². The summed E-state index contributed by atoms with van der Waals surface area (Å²) in [6, 6.07) is 23.5. The van der Waals surface area contributed by atoms with E-state index < -0.39 is 0 Å². The second-order valence-electron chi connectivity index (χ2n) is 5.95. The Morgan fingerprint density at radius 1 is 1.04 bits per heavy atom. The molecule has 3 aromatic carbocycles. The molecule has 0 bridgehead atoms. The average Bonchev–Trinajstić information content (AvgIpc) is 3.18. The molecule has 5 nitrogen and oxygen atoms in total. The molecule has 132 valence electrons. The quantitative estimate of drug-likeness (QED) is 0.370. The molecule has 4 rings (SSSR count). The van der Waals surface area contributed by atoms with Crippen LogP contribution in [0.1, 0.15) is 16.1 Å². The number of H-pyrrole nitrogens is 1. The molecular weight excluding hydrogens is 404 g/mol. The van der Waals surface area contributed by atoms with Gasteiger partial charge in [-0.3, -0.25) is 9.89 Å². The predicted molar refractivity (Wildman–Crippen MR) is 111 cm³/mol. The van der Waals surface area contributed by atoms with Gasteiger partial charge >= 0.3 is 0 Å². The summed E-state index contributed by atoms with van der Waals surface area (Å²) in [4.78, 5) is 12.3. The Hall–Kier alpha value is -3.25. The van der Waals surface area contributed by atoms with Gasteiger partial charge in [0, 0.05) is 10.0 Å². The van der Waals surface area contributed by atoms with Crippen LogP contribution in [-0.2, 0) is 0 Å². The highest BCUT2D eigenvalue weighted by molar-refractivity contribution is 9.10. The van der Waals surface area contributed by atoms with Crippen LogP contribution in [0.25, 0.3) is 22.0 Å². The molecule has 0 radical (unpaired) electrons. The van der Waals surface area contributed by atoms with Gasteiger partial charge in [0.05, 0.1) is 11.9 Å². The number of hydrogen-bond donors (Lipinski definition) is 2. The molecule has 27 heavy (non-hydrogen) atoms. The molecule has 1 aromatic heterocycles. The molecule has 6 heteroatoms. The fourth-order valence-electron chi connectivity index (χ4n) is 2.84. The van der Waals surface area contributed by atoms with Gasteiger partial charge in [-0.1, -0.05) is 70.5 Å². The maximum atomic E-state index is 12.3. The molecule has 1 heterocycles. The van der Waals surface area contributed by atoms with Gasteiger partial charge in [-0.2, -0.15) is 10.2 Å². The van der Waals surface area contributed by atoms with E-state index in [9.17, 15) is 4.79 Å². The standard InChI is InChI=1S/C21H15BrN4O/c22-16-8-3-5-14(11-16)13-23-26-21(27)20-12-19(24-25-20)18-10-4-7-15-6-1-2-9-17(15)18/h1-13H,(H,24,25)(H,26,27)/b23-13-. The zero-order valence-corrected chi connectivity index (χ0v) is 15.8. The summed E-state index contributed by atoms with van der Waals surface area (Å²) in [5, 5.41) is 13.3. The fourth-order valence-corrected chi connectivity index (χ4v) is 3.25. The molecule has 0 spiro atoms. The number of nitrogens with one attached hydrogen (secondary N) is 2. The van der Waals surface area contributed by atoms with E-state index in [1.165, 1.54) is 0 Å². The van der Waals surface area contributed by atoms with Crippen molar-refractivity contribution < 1.29 is 4.79 Å². The minimum Gasteiger partial charge on any atom is -0.272 e. The number of amides is 1. The van der Waals surface area contributed by atoms with Crippen molar-refractivity contribution in [3.63, 3.8) is 0 Å². The normalized spacial score (nSPS) is 11.1. The van der Waals surface area contributed by atoms with Crippen LogP contribution in [0.15, 0.2) is 82.4 Å². The predicted octanol–water partition coefficient (Wildman–Crippen LogP) is 4.76. The molecule has 0 atom stereocenters. The van der Waals surface area contributed by atoms with Crippen LogP contribution in [0.3, 0.4) is 0 Å². The third kappa shape index (κ3) is 3.80. The van der Waals surface area contributed by atoms with Crippen LogP contribution < -0.4 is 5.43 Å². The van der Waals surface area contributed by atoms with E-state index in [4.69, 9.17) is 0 Å². The molecule has 0 unspecified atom stereocenters. The summed E-state index contributed by atoms with van der Waals surface area (Å²) < 4.78 is 0.950. The summed E-state index contributed by atoms with van der Waals surface area (Å²) in [5.41, 5.74) is 5.43. The molecule has 0 aliphatic carbocycles. The second kappa shape index (κ2) is 7.55. The van der Waals surface area contributed by atoms with Crippen LogP contribution in [0, 0.1) is 0 Å². The SMILES string of the molecule is O=C(N/N=C\c1cccc(Br)c1)c1cc(-c2cccc3ccccc23)n[nH]1. The van der Waals surface area contributed by atoms with E-state index in [1.807, 2.05) is 54.6 Å². The number of hydrazone groups is 1. The van der Waals surface area contributed by atoms with Crippen molar-refractivity contribution in [1.29, 1.82) is 0 Å². The summed E-state index contributed by atoms with van der Waals surface area (Å²) in [7, 11) is 0. The Morgan fingerprint density at radius 2 is 1.85 bits per heavy atom. The van der Waals surface area contributed by atoms with E-state index in [1.54, 1.807) is 12.3 Å². The van der Waals surface area contributed by atoms with Gasteiger partial charge in [-0.15, -0.1) is 0 Å². The highest BCUT2D eigenvalue weighted by Crippen LogP contribution is 2.27. The number of rotatable bonds is 4. The number of benzene rings is 3. The van der Waals surface area contributed by atoms with Gasteiger partial charge in [0.1, 0.15) is 5.69 Å². The Bertz CT molecular complexity index is 1140. The third-order valence-electron chi connectivity index (χ3n) is 4.12. The largest absolute Gasteiger partial charge is 0.289 e. The molecule has 1 amide bonds. The lowest BCUT2D eigenvalue weighted by Crippen LogP contribution is -2.17. The van der Waals surface area contributed by atoms with Crippen LogP contribution >= 0.6 is 15.9 Å². The lowest BCUT2D eigenvalue weighted by atomic mass is 10.0. The number of aromatic amines is 1. The van der Waals surface area contributed by atoms with Gasteiger partial charge in [0.2, 0.25) is 0 Å². The summed E-state index contributed by atoms with van der Waals surface area (Å²) >= 11 is 3.40. The minimum absolute atomic E-state index is 0.347. The zero-order chi connectivity index (χ0) is 18.6. The minimum atomic E-state index is -0.347. The number of nitrogens with zero attached hydrogens (tertiary/aromatic N) is 2. The highest BCUT2D eigenvalue weighted by atomic mass is 79.9. The van der Waals surface area contributed by atoms with Crippen LogP contribution in [0.2, 0.25) is 0 Å². The Labute approximate surface area is 164 Å². The third-order valence-corrected chi connectivity index (χ3v) is 4.61. The monoisotopic (exact) mass is 418 g/mol. The zero-order valence-electron chi connectivity index (χ0n) is 14.2. The maximum Gasteiger partial charge on any atom is 0.289 e. The number of halogens is 1. The maximum absolute atomic E-state index is 12.3. The topological polar surface area (TPSA) is 70.1 Å².